The second-order valence-corrected chi connectivity index (χ2v) is 4.75. The first-order valence-electron chi connectivity index (χ1n) is 5.46. The van der Waals surface area contributed by atoms with Crippen LogP contribution >= 0.6 is 15.9 Å². The van der Waals surface area contributed by atoms with Crippen LogP contribution in [0.1, 0.15) is 5.56 Å². The van der Waals surface area contributed by atoms with Gasteiger partial charge in [0.2, 0.25) is 5.65 Å². The Labute approximate surface area is 112 Å². The molecule has 0 spiro atoms. The molecule has 0 aliphatic carbocycles. The molecule has 3 rings (SSSR count). The van der Waals surface area contributed by atoms with Crippen molar-refractivity contribution in [3.05, 3.63) is 53.0 Å². The van der Waals surface area contributed by atoms with Crippen molar-refractivity contribution in [2.24, 2.45) is 0 Å². The van der Waals surface area contributed by atoms with Crippen LogP contribution in [0.3, 0.4) is 0 Å². The van der Waals surface area contributed by atoms with Crippen molar-refractivity contribution in [2.45, 2.75) is 6.92 Å². The van der Waals surface area contributed by atoms with Crippen molar-refractivity contribution in [1.29, 1.82) is 0 Å². The standard InChI is InChI=1S/C13H10BrN3O/c1-9-2-4-10(5-3-9)18-13-12-15-6-7-17(12)8-11(14)16-13/h2-8H,1H3. The fourth-order valence-electron chi connectivity index (χ4n) is 1.66. The molecule has 2 heterocycles. The van der Waals surface area contributed by atoms with Gasteiger partial charge in [0, 0.05) is 18.6 Å². The molecule has 4 nitrogen and oxygen atoms in total. The number of imidazole rings is 1. The molecular weight excluding hydrogens is 294 g/mol. The van der Waals surface area contributed by atoms with Gasteiger partial charge in [-0.05, 0) is 35.0 Å². The largest absolute Gasteiger partial charge is 0.436 e. The number of benzene rings is 1. The molecular formula is C13H10BrN3O. The van der Waals surface area contributed by atoms with Crippen LogP contribution in [0.15, 0.2) is 47.5 Å². The van der Waals surface area contributed by atoms with Gasteiger partial charge < -0.3 is 4.74 Å². The van der Waals surface area contributed by atoms with Crippen LogP contribution in [0.2, 0.25) is 0 Å². The Morgan fingerprint density at radius 2 is 2.00 bits per heavy atom. The number of rotatable bonds is 2. The number of halogens is 1. The van der Waals surface area contributed by atoms with Gasteiger partial charge in [-0.3, -0.25) is 4.40 Å². The third kappa shape index (κ3) is 2.09. The van der Waals surface area contributed by atoms with Gasteiger partial charge in [-0.25, -0.2) is 9.97 Å². The molecule has 18 heavy (non-hydrogen) atoms. The van der Waals surface area contributed by atoms with Crippen molar-refractivity contribution in [2.75, 3.05) is 0 Å². The van der Waals surface area contributed by atoms with Crippen LogP contribution < -0.4 is 4.74 Å². The summed E-state index contributed by atoms with van der Waals surface area (Å²) in [5.41, 5.74) is 1.88. The molecule has 5 heteroatoms. The number of aryl methyl sites for hydroxylation is 1. The molecule has 0 bridgehead atoms. The van der Waals surface area contributed by atoms with Crippen molar-refractivity contribution in [1.82, 2.24) is 14.4 Å². The van der Waals surface area contributed by atoms with Crippen LogP contribution in [0.4, 0.5) is 0 Å². The Morgan fingerprint density at radius 3 is 2.78 bits per heavy atom. The fraction of sp³-hybridized carbons (Fsp3) is 0.0769. The maximum absolute atomic E-state index is 5.76. The van der Waals surface area contributed by atoms with Crippen LogP contribution in [-0.4, -0.2) is 14.4 Å². The summed E-state index contributed by atoms with van der Waals surface area (Å²) in [6, 6.07) is 7.82. The highest BCUT2D eigenvalue weighted by molar-refractivity contribution is 9.10. The molecule has 0 radical (unpaired) electrons. The monoisotopic (exact) mass is 303 g/mol. The van der Waals surface area contributed by atoms with Crippen LogP contribution in [0.5, 0.6) is 11.6 Å². The Balaban J connectivity index is 2.03. The van der Waals surface area contributed by atoms with Gasteiger partial charge in [0.1, 0.15) is 10.4 Å². The summed E-state index contributed by atoms with van der Waals surface area (Å²) >= 11 is 3.35. The van der Waals surface area contributed by atoms with E-state index in [0.717, 1.165) is 5.75 Å². The van der Waals surface area contributed by atoms with Crippen LogP contribution in [0, 0.1) is 6.92 Å². The molecule has 90 valence electrons. The van der Waals surface area contributed by atoms with Gasteiger partial charge >= 0.3 is 0 Å². The summed E-state index contributed by atoms with van der Waals surface area (Å²) in [4.78, 5) is 8.53. The van der Waals surface area contributed by atoms with E-state index in [1.165, 1.54) is 5.56 Å². The van der Waals surface area contributed by atoms with Crippen LogP contribution in [-0.2, 0) is 0 Å². The van der Waals surface area contributed by atoms with E-state index in [2.05, 4.69) is 25.9 Å². The third-order valence-electron chi connectivity index (χ3n) is 2.55. The number of hydrogen-bond donors (Lipinski definition) is 0. The molecule has 3 aromatic rings. The predicted molar refractivity (Wildman–Crippen MR) is 71.9 cm³/mol. The van der Waals surface area contributed by atoms with E-state index in [4.69, 9.17) is 4.74 Å². The molecule has 2 aromatic heterocycles. The van der Waals surface area contributed by atoms with Crippen LogP contribution in [0.25, 0.3) is 5.65 Å². The smallest absolute Gasteiger partial charge is 0.264 e. The number of nitrogens with zero attached hydrogens (tertiary/aromatic N) is 3. The molecule has 0 atom stereocenters. The Kier molecular flexibility index (Phi) is 2.76. The van der Waals surface area contributed by atoms with Gasteiger partial charge in [-0.1, -0.05) is 17.7 Å². The summed E-state index contributed by atoms with van der Waals surface area (Å²) in [6.45, 7) is 2.04. The quantitative estimate of drug-likeness (QED) is 0.726. The second-order valence-electron chi connectivity index (χ2n) is 3.94. The molecule has 0 N–H and O–H groups in total. The average molecular weight is 304 g/mol. The molecule has 0 aliphatic rings. The zero-order valence-corrected chi connectivity index (χ0v) is 11.3. The highest BCUT2D eigenvalue weighted by atomic mass is 79.9. The van der Waals surface area contributed by atoms with Crippen molar-refractivity contribution in [3.63, 3.8) is 0 Å². The molecule has 0 aliphatic heterocycles. The van der Waals surface area contributed by atoms with Crippen molar-refractivity contribution in [3.8, 4) is 11.6 Å². The first kappa shape index (κ1) is 11.2. The lowest BCUT2D eigenvalue weighted by atomic mass is 10.2. The maximum Gasteiger partial charge on any atom is 0.264 e. The molecule has 0 amide bonds. The molecule has 0 unspecified atom stereocenters. The molecule has 1 aromatic carbocycles. The normalized spacial score (nSPS) is 10.8. The van der Waals surface area contributed by atoms with E-state index in [0.29, 0.717) is 16.1 Å². The minimum atomic E-state index is 0.484. The van der Waals surface area contributed by atoms with E-state index in [1.54, 1.807) is 6.20 Å². The first-order valence-corrected chi connectivity index (χ1v) is 6.25. The van der Waals surface area contributed by atoms with Gasteiger partial charge in [-0.15, -0.1) is 0 Å². The van der Waals surface area contributed by atoms with Crippen molar-refractivity contribution < 1.29 is 4.74 Å². The lowest BCUT2D eigenvalue weighted by Gasteiger charge is -2.06. The van der Waals surface area contributed by atoms with E-state index >= 15 is 0 Å². The number of aromatic nitrogens is 3. The zero-order valence-electron chi connectivity index (χ0n) is 9.67. The molecule has 0 saturated heterocycles. The minimum Gasteiger partial charge on any atom is -0.436 e. The van der Waals surface area contributed by atoms with E-state index in [9.17, 15) is 0 Å². The van der Waals surface area contributed by atoms with Gasteiger partial charge in [0.25, 0.3) is 5.88 Å². The van der Waals surface area contributed by atoms with E-state index in [-0.39, 0.29) is 0 Å². The number of ether oxygens (including phenoxy) is 1. The zero-order chi connectivity index (χ0) is 12.5. The predicted octanol–water partition coefficient (Wildman–Crippen LogP) is 3.59. The topological polar surface area (TPSA) is 39.4 Å². The van der Waals surface area contributed by atoms with E-state index in [1.807, 2.05) is 48.0 Å². The average Bonchev–Trinajstić information content (AvgIpc) is 2.80. The first-order chi connectivity index (χ1) is 8.72. The minimum absolute atomic E-state index is 0.484. The highest BCUT2D eigenvalue weighted by Crippen LogP contribution is 2.25. The van der Waals surface area contributed by atoms with Gasteiger partial charge in [-0.2, -0.15) is 0 Å². The lowest BCUT2D eigenvalue weighted by molar-refractivity contribution is 0.463. The SMILES string of the molecule is Cc1ccc(Oc2nc(Br)cn3ccnc23)cc1. The number of fused-ring (bicyclic) bond motifs is 1. The van der Waals surface area contributed by atoms with E-state index < -0.39 is 0 Å². The molecule has 0 saturated carbocycles. The lowest BCUT2D eigenvalue weighted by Crippen LogP contribution is -1.94. The summed E-state index contributed by atoms with van der Waals surface area (Å²) in [5, 5.41) is 0. The third-order valence-corrected chi connectivity index (χ3v) is 2.93. The summed E-state index contributed by atoms with van der Waals surface area (Å²) in [5.74, 6) is 1.23. The summed E-state index contributed by atoms with van der Waals surface area (Å²) < 4.78 is 8.33. The van der Waals surface area contributed by atoms with Gasteiger partial charge in [0.05, 0.1) is 0 Å². The van der Waals surface area contributed by atoms with Crippen molar-refractivity contribution >= 4 is 21.6 Å². The fourth-order valence-corrected chi connectivity index (χ4v) is 2.04. The highest BCUT2D eigenvalue weighted by Gasteiger charge is 2.08. The summed E-state index contributed by atoms with van der Waals surface area (Å²) in [6.07, 6.45) is 5.40. The summed E-state index contributed by atoms with van der Waals surface area (Å²) in [7, 11) is 0. The Hall–Kier alpha value is -1.88. The maximum atomic E-state index is 5.76. The second kappa shape index (κ2) is 4.42. The van der Waals surface area contributed by atoms with Gasteiger partial charge in [0.15, 0.2) is 0 Å². The molecule has 0 fully saturated rings. The number of hydrogen-bond acceptors (Lipinski definition) is 3. The Bertz CT molecular complexity index is 691. The Morgan fingerprint density at radius 1 is 1.22 bits per heavy atom.